The number of hydrogen-bond donors (Lipinski definition) is 6. The van der Waals surface area contributed by atoms with Crippen molar-refractivity contribution in [3.05, 3.63) is 36.0 Å². The van der Waals surface area contributed by atoms with Crippen molar-refractivity contribution in [2.24, 2.45) is 5.73 Å². The Balaban J connectivity index is 2.11. The standard InChI is InChI=1S/C16H20N4O4S/c17-6-14(21)19-13(8-25)15(22)20-12(16(23)24)5-9-7-18-11-4-2-1-3-10(9)11/h1-4,7,12-13,18,25H,5-6,8,17H2,(H,19,21)(H,20,22)(H,23,24)/t12-,13-/m0/s1. The van der Waals surface area contributed by atoms with Gasteiger partial charge in [-0.05, 0) is 11.6 Å². The second kappa shape index (κ2) is 8.54. The van der Waals surface area contributed by atoms with Crippen LogP contribution in [-0.2, 0) is 20.8 Å². The molecule has 2 atom stereocenters. The van der Waals surface area contributed by atoms with Gasteiger partial charge < -0.3 is 26.5 Å². The molecular weight excluding hydrogens is 344 g/mol. The Morgan fingerprint density at radius 1 is 1.20 bits per heavy atom. The number of aromatic nitrogens is 1. The number of para-hydroxylation sites is 1. The number of nitrogens with two attached hydrogens (primary N) is 1. The Morgan fingerprint density at radius 2 is 1.92 bits per heavy atom. The number of nitrogens with one attached hydrogen (secondary N) is 3. The minimum atomic E-state index is -1.17. The summed E-state index contributed by atoms with van der Waals surface area (Å²) in [5.41, 5.74) is 6.86. The summed E-state index contributed by atoms with van der Waals surface area (Å²) >= 11 is 4.01. The number of thiol groups is 1. The third-order valence-electron chi connectivity index (χ3n) is 3.73. The second-order valence-corrected chi connectivity index (χ2v) is 5.83. The van der Waals surface area contributed by atoms with Gasteiger partial charge in [-0.25, -0.2) is 4.79 Å². The molecule has 0 fully saturated rings. The third-order valence-corrected chi connectivity index (χ3v) is 4.10. The fraction of sp³-hybridized carbons (Fsp3) is 0.312. The van der Waals surface area contributed by atoms with Crippen molar-refractivity contribution in [3.8, 4) is 0 Å². The van der Waals surface area contributed by atoms with Crippen molar-refractivity contribution in [2.45, 2.75) is 18.5 Å². The van der Waals surface area contributed by atoms with E-state index in [-0.39, 0.29) is 18.7 Å². The Hall–Kier alpha value is -2.52. The molecular formula is C16H20N4O4S. The first kappa shape index (κ1) is 18.8. The lowest BCUT2D eigenvalue weighted by atomic mass is 10.0. The molecule has 6 N–H and O–H groups in total. The topological polar surface area (TPSA) is 137 Å². The van der Waals surface area contributed by atoms with E-state index in [4.69, 9.17) is 5.73 Å². The zero-order chi connectivity index (χ0) is 18.4. The molecule has 0 aliphatic rings. The summed E-state index contributed by atoms with van der Waals surface area (Å²) in [6.45, 7) is -0.269. The van der Waals surface area contributed by atoms with Crippen LogP contribution in [0.3, 0.4) is 0 Å². The highest BCUT2D eigenvalue weighted by Crippen LogP contribution is 2.19. The van der Waals surface area contributed by atoms with Gasteiger partial charge in [0.1, 0.15) is 12.1 Å². The molecule has 1 heterocycles. The van der Waals surface area contributed by atoms with Crippen molar-refractivity contribution in [1.82, 2.24) is 15.6 Å². The van der Waals surface area contributed by atoms with E-state index in [1.165, 1.54) is 0 Å². The maximum Gasteiger partial charge on any atom is 0.326 e. The van der Waals surface area contributed by atoms with E-state index in [0.29, 0.717) is 0 Å². The number of hydrogen-bond acceptors (Lipinski definition) is 5. The average Bonchev–Trinajstić information content (AvgIpc) is 3.01. The minimum Gasteiger partial charge on any atom is -0.480 e. The van der Waals surface area contributed by atoms with Crippen LogP contribution in [0.15, 0.2) is 30.5 Å². The summed E-state index contributed by atoms with van der Waals surface area (Å²) in [6, 6.07) is 5.39. The molecule has 0 aliphatic heterocycles. The highest BCUT2D eigenvalue weighted by atomic mass is 32.1. The Morgan fingerprint density at radius 3 is 2.56 bits per heavy atom. The van der Waals surface area contributed by atoms with E-state index in [0.717, 1.165) is 16.5 Å². The number of benzene rings is 1. The summed E-state index contributed by atoms with van der Waals surface area (Å²) in [7, 11) is 0. The van der Waals surface area contributed by atoms with Crippen LogP contribution in [0.1, 0.15) is 5.56 Å². The lowest BCUT2D eigenvalue weighted by Crippen LogP contribution is -2.53. The Labute approximate surface area is 149 Å². The van der Waals surface area contributed by atoms with Crippen molar-refractivity contribution >= 4 is 41.3 Å². The molecule has 1 aromatic carbocycles. The van der Waals surface area contributed by atoms with Gasteiger partial charge in [0.15, 0.2) is 0 Å². The van der Waals surface area contributed by atoms with Gasteiger partial charge in [0.25, 0.3) is 0 Å². The first-order valence-electron chi connectivity index (χ1n) is 7.64. The van der Waals surface area contributed by atoms with E-state index in [1.54, 1.807) is 6.20 Å². The molecule has 0 saturated carbocycles. The van der Waals surface area contributed by atoms with E-state index in [2.05, 4.69) is 28.2 Å². The lowest BCUT2D eigenvalue weighted by molar-refractivity contribution is -0.142. The molecule has 0 unspecified atom stereocenters. The maximum atomic E-state index is 12.2. The van der Waals surface area contributed by atoms with Crippen LogP contribution in [0.2, 0.25) is 0 Å². The van der Waals surface area contributed by atoms with E-state index >= 15 is 0 Å². The van der Waals surface area contributed by atoms with Crippen molar-refractivity contribution in [1.29, 1.82) is 0 Å². The quantitative estimate of drug-likeness (QED) is 0.356. The number of fused-ring (bicyclic) bond motifs is 1. The number of carboxylic acids is 1. The number of H-pyrrole nitrogens is 1. The van der Waals surface area contributed by atoms with Crippen molar-refractivity contribution in [2.75, 3.05) is 12.3 Å². The number of carbonyl (C=O) groups is 3. The van der Waals surface area contributed by atoms with Crippen LogP contribution in [0, 0.1) is 0 Å². The number of amides is 2. The molecule has 2 rings (SSSR count). The van der Waals surface area contributed by atoms with Gasteiger partial charge in [0.05, 0.1) is 6.54 Å². The number of aliphatic carboxylic acids is 1. The molecule has 2 aromatic rings. The van der Waals surface area contributed by atoms with Gasteiger partial charge in [0.2, 0.25) is 11.8 Å². The summed E-state index contributed by atoms with van der Waals surface area (Å²) in [5, 5.41) is 15.2. The zero-order valence-electron chi connectivity index (χ0n) is 13.4. The molecule has 0 spiro atoms. The highest BCUT2D eigenvalue weighted by Gasteiger charge is 2.26. The molecule has 0 aliphatic carbocycles. The monoisotopic (exact) mass is 364 g/mol. The molecule has 0 bridgehead atoms. The van der Waals surface area contributed by atoms with E-state index in [9.17, 15) is 19.5 Å². The van der Waals surface area contributed by atoms with Crippen LogP contribution in [0.5, 0.6) is 0 Å². The first-order valence-corrected chi connectivity index (χ1v) is 8.28. The third kappa shape index (κ3) is 4.74. The van der Waals surface area contributed by atoms with Gasteiger partial charge >= 0.3 is 5.97 Å². The Bertz CT molecular complexity index is 776. The van der Waals surface area contributed by atoms with Crippen LogP contribution in [0.25, 0.3) is 10.9 Å². The Kier molecular flexibility index (Phi) is 6.43. The molecule has 2 amide bonds. The van der Waals surface area contributed by atoms with Gasteiger partial charge in [-0.15, -0.1) is 0 Å². The van der Waals surface area contributed by atoms with E-state index < -0.39 is 29.9 Å². The SMILES string of the molecule is NCC(=O)N[C@@H](CS)C(=O)N[C@@H](Cc1c[nH]c2ccccc12)C(=O)O. The summed E-state index contributed by atoms with van der Waals surface area (Å²) < 4.78 is 0. The van der Waals surface area contributed by atoms with Gasteiger partial charge in [-0.2, -0.15) is 12.6 Å². The number of carboxylic acid groups (broad SMARTS) is 1. The van der Waals surface area contributed by atoms with Crippen LogP contribution in [0.4, 0.5) is 0 Å². The van der Waals surface area contributed by atoms with Crippen LogP contribution in [-0.4, -0.2) is 52.3 Å². The zero-order valence-corrected chi connectivity index (χ0v) is 14.3. The molecule has 134 valence electrons. The molecule has 0 radical (unpaired) electrons. The molecule has 1 aromatic heterocycles. The average molecular weight is 364 g/mol. The molecule has 25 heavy (non-hydrogen) atoms. The predicted octanol–water partition coefficient (Wildman–Crippen LogP) is -0.347. The largest absolute Gasteiger partial charge is 0.480 e. The van der Waals surface area contributed by atoms with Crippen LogP contribution < -0.4 is 16.4 Å². The number of carbonyl (C=O) groups excluding carboxylic acids is 2. The second-order valence-electron chi connectivity index (χ2n) is 5.47. The first-order chi connectivity index (χ1) is 12.0. The fourth-order valence-corrected chi connectivity index (χ4v) is 2.70. The fourth-order valence-electron chi connectivity index (χ4n) is 2.44. The summed E-state index contributed by atoms with van der Waals surface area (Å²) in [6.07, 6.45) is 1.83. The lowest BCUT2D eigenvalue weighted by Gasteiger charge is -2.20. The number of rotatable bonds is 8. The molecule has 0 saturated heterocycles. The summed E-state index contributed by atoms with van der Waals surface area (Å²) in [4.78, 5) is 38.2. The van der Waals surface area contributed by atoms with Gasteiger partial charge in [-0.1, -0.05) is 18.2 Å². The van der Waals surface area contributed by atoms with Gasteiger partial charge in [-0.3, -0.25) is 9.59 Å². The van der Waals surface area contributed by atoms with Crippen molar-refractivity contribution in [3.63, 3.8) is 0 Å². The van der Waals surface area contributed by atoms with Crippen LogP contribution >= 0.6 is 12.6 Å². The molecule has 9 heteroatoms. The summed E-state index contributed by atoms with van der Waals surface area (Å²) in [5.74, 6) is -2.28. The normalized spacial score (nSPS) is 13.2. The van der Waals surface area contributed by atoms with Gasteiger partial charge in [0, 0.05) is 29.3 Å². The maximum absolute atomic E-state index is 12.2. The smallest absolute Gasteiger partial charge is 0.326 e. The molecule has 8 nitrogen and oxygen atoms in total. The van der Waals surface area contributed by atoms with E-state index in [1.807, 2.05) is 24.3 Å². The predicted molar refractivity (Wildman–Crippen MR) is 96.4 cm³/mol. The number of aromatic amines is 1. The highest BCUT2D eigenvalue weighted by molar-refractivity contribution is 7.80. The minimum absolute atomic E-state index is 0.0248. The van der Waals surface area contributed by atoms with Crippen molar-refractivity contribution < 1.29 is 19.5 Å².